The molecule has 0 atom stereocenters. The number of thiocarbonyl (C=S) groups is 1. The van der Waals surface area contributed by atoms with Crippen LogP contribution in [0.5, 0.6) is 0 Å². The molecule has 108 valence electrons. The molecular formula is C14H17ClN2OS2. The van der Waals surface area contributed by atoms with Crippen molar-refractivity contribution in [3.63, 3.8) is 0 Å². The van der Waals surface area contributed by atoms with E-state index in [4.69, 9.17) is 23.8 Å². The predicted octanol–water partition coefficient (Wildman–Crippen LogP) is 3.70. The van der Waals surface area contributed by atoms with Gasteiger partial charge in [-0.05, 0) is 37.5 Å². The van der Waals surface area contributed by atoms with Gasteiger partial charge in [0.25, 0.3) is 0 Å². The van der Waals surface area contributed by atoms with Gasteiger partial charge in [-0.3, -0.25) is 4.79 Å². The molecular weight excluding hydrogens is 312 g/mol. The van der Waals surface area contributed by atoms with Gasteiger partial charge in [-0.15, -0.1) is 0 Å². The molecule has 1 aromatic rings. The van der Waals surface area contributed by atoms with E-state index in [0.717, 1.165) is 28.7 Å². The van der Waals surface area contributed by atoms with Crippen LogP contribution in [0.2, 0.25) is 5.02 Å². The second-order valence-corrected chi connectivity index (χ2v) is 6.80. The van der Waals surface area contributed by atoms with E-state index in [1.165, 1.54) is 24.6 Å². The highest BCUT2D eigenvalue weighted by atomic mass is 35.5. The third-order valence-electron chi connectivity index (χ3n) is 3.16. The first kappa shape index (κ1) is 15.6. The van der Waals surface area contributed by atoms with Gasteiger partial charge >= 0.3 is 0 Å². The Morgan fingerprint density at radius 1 is 1.45 bits per heavy atom. The van der Waals surface area contributed by atoms with Crippen molar-refractivity contribution in [3.8, 4) is 0 Å². The number of carbonyl (C=O) groups excluding carboxylic acids is 1. The molecule has 1 N–H and O–H groups in total. The Hall–Kier alpha value is -0.780. The lowest BCUT2D eigenvalue weighted by molar-refractivity contribution is -0.113. The zero-order valence-corrected chi connectivity index (χ0v) is 13.7. The molecule has 0 spiro atoms. The van der Waals surface area contributed by atoms with Crippen molar-refractivity contribution in [1.82, 2.24) is 4.90 Å². The van der Waals surface area contributed by atoms with Crippen LogP contribution in [0.25, 0.3) is 0 Å². The van der Waals surface area contributed by atoms with Gasteiger partial charge in [0.05, 0.1) is 5.75 Å². The van der Waals surface area contributed by atoms with Crippen LogP contribution in [0, 0.1) is 6.92 Å². The van der Waals surface area contributed by atoms with Gasteiger partial charge in [0, 0.05) is 23.8 Å². The zero-order valence-electron chi connectivity index (χ0n) is 11.3. The number of halogens is 1. The van der Waals surface area contributed by atoms with Crippen molar-refractivity contribution in [2.45, 2.75) is 19.8 Å². The van der Waals surface area contributed by atoms with Crippen LogP contribution in [0.4, 0.5) is 5.69 Å². The Labute approximate surface area is 134 Å². The van der Waals surface area contributed by atoms with Crippen LogP contribution in [0.15, 0.2) is 18.2 Å². The maximum atomic E-state index is 11.9. The molecule has 0 unspecified atom stereocenters. The highest BCUT2D eigenvalue weighted by Crippen LogP contribution is 2.21. The van der Waals surface area contributed by atoms with Gasteiger partial charge in [0.15, 0.2) is 0 Å². The largest absolute Gasteiger partial charge is 0.358 e. The number of nitrogens with zero attached hydrogens (tertiary/aromatic N) is 1. The van der Waals surface area contributed by atoms with Crippen LogP contribution in [-0.2, 0) is 4.79 Å². The summed E-state index contributed by atoms with van der Waals surface area (Å²) in [6.45, 7) is 3.97. The van der Waals surface area contributed by atoms with E-state index in [1.807, 2.05) is 19.1 Å². The number of thioether (sulfide) groups is 1. The summed E-state index contributed by atoms with van der Waals surface area (Å²) >= 11 is 12.7. The van der Waals surface area contributed by atoms with Gasteiger partial charge in [0.1, 0.15) is 4.32 Å². The van der Waals surface area contributed by atoms with Crippen LogP contribution >= 0.6 is 35.6 Å². The highest BCUT2D eigenvalue weighted by Gasteiger charge is 2.16. The molecule has 2 rings (SSSR count). The summed E-state index contributed by atoms with van der Waals surface area (Å²) in [7, 11) is 0. The molecule has 1 heterocycles. The summed E-state index contributed by atoms with van der Waals surface area (Å²) < 4.78 is 0.820. The third-order valence-corrected chi connectivity index (χ3v) is 4.92. The molecule has 1 aliphatic rings. The van der Waals surface area contributed by atoms with Crippen molar-refractivity contribution >= 4 is 51.5 Å². The van der Waals surface area contributed by atoms with Crippen molar-refractivity contribution in [2.24, 2.45) is 0 Å². The Morgan fingerprint density at radius 3 is 2.85 bits per heavy atom. The van der Waals surface area contributed by atoms with Crippen LogP contribution in [0.1, 0.15) is 18.4 Å². The molecule has 0 aliphatic carbocycles. The fraction of sp³-hybridized carbons (Fsp3) is 0.429. The number of anilines is 1. The normalized spacial score (nSPS) is 14.4. The van der Waals surface area contributed by atoms with Crippen molar-refractivity contribution in [3.05, 3.63) is 28.8 Å². The Morgan fingerprint density at radius 2 is 2.15 bits per heavy atom. The lowest BCUT2D eigenvalue weighted by Crippen LogP contribution is -2.25. The number of nitrogens with one attached hydrogen (secondary N) is 1. The second-order valence-electron chi connectivity index (χ2n) is 4.76. The Kier molecular flexibility index (Phi) is 5.69. The number of carbonyl (C=O) groups is 1. The second kappa shape index (κ2) is 7.29. The van der Waals surface area contributed by atoms with E-state index < -0.39 is 0 Å². The molecule has 0 radical (unpaired) electrons. The monoisotopic (exact) mass is 328 g/mol. The smallest absolute Gasteiger partial charge is 0.234 e. The number of hydrogen-bond donors (Lipinski definition) is 1. The maximum Gasteiger partial charge on any atom is 0.234 e. The molecule has 1 aromatic carbocycles. The average Bonchev–Trinajstić information content (AvgIpc) is 2.94. The fourth-order valence-electron chi connectivity index (χ4n) is 2.03. The average molecular weight is 329 g/mol. The van der Waals surface area contributed by atoms with Crippen LogP contribution in [-0.4, -0.2) is 34.0 Å². The van der Waals surface area contributed by atoms with Crippen molar-refractivity contribution in [2.75, 3.05) is 24.2 Å². The number of aryl methyl sites for hydroxylation is 1. The number of hydrogen-bond acceptors (Lipinski definition) is 3. The molecule has 0 saturated carbocycles. The Balaban J connectivity index is 1.83. The summed E-state index contributed by atoms with van der Waals surface area (Å²) in [5, 5.41) is 3.49. The van der Waals surface area contributed by atoms with Gasteiger partial charge in [0.2, 0.25) is 5.91 Å². The van der Waals surface area contributed by atoms with Gasteiger partial charge in [-0.2, -0.15) is 0 Å². The van der Waals surface area contributed by atoms with Crippen molar-refractivity contribution < 1.29 is 4.79 Å². The van der Waals surface area contributed by atoms with Crippen molar-refractivity contribution in [1.29, 1.82) is 0 Å². The van der Waals surface area contributed by atoms with Gasteiger partial charge in [-0.1, -0.05) is 41.6 Å². The highest BCUT2D eigenvalue weighted by molar-refractivity contribution is 8.23. The zero-order chi connectivity index (χ0) is 14.5. The van der Waals surface area contributed by atoms with E-state index in [-0.39, 0.29) is 5.91 Å². The van der Waals surface area contributed by atoms with E-state index in [9.17, 15) is 4.79 Å². The summed E-state index contributed by atoms with van der Waals surface area (Å²) in [6, 6.07) is 5.46. The van der Waals surface area contributed by atoms with E-state index in [0.29, 0.717) is 10.8 Å². The fourth-order valence-corrected chi connectivity index (χ4v) is 3.26. The topological polar surface area (TPSA) is 32.3 Å². The Bertz CT molecular complexity index is 516. The predicted molar refractivity (Wildman–Crippen MR) is 90.7 cm³/mol. The molecule has 0 bridgehead atoms. The molecule has 1 saturated heterocycles. The van der Waals surface area contributed by atoms with Gasteiger partial charge in [-0.25, -0.2) is 0 Å². The molecule has 6 heteroatoms. The standard InChI is InChI=1S/C14H17ClN2OS2/c1-10-4-5-11(15)8-12(10)16-13(18)9-20-14(19)17-6-2-3-7-17/h4-5,8H,2-3,6-7,9H2,1H3,(H,16,18). The molecule has 3 nitrogen and oxygen atoms in total. The van der Waals surface area contributed by atoms with E-state index >= 15 is 0 Å². The van der Waals surface area contributed by atoms with E-state index in [2.05, 4.69) is 10.2 Å². The first-order chi connectivity index (χ1) is 9.56. The summed E-state index contributed by atoms with van der Waals surface area (Å²) in [5.74, 6) is 0.281. The quantitative estimate of drug-likeness (QED) is 0.857. The van der Waals surface area contributed by atoms with E-state index in [1.54, 1.807) is 6.07 Å². The number of amides is 1. The number of likely N-dealkylation sites (tertiary alicyclic amines) is 1. The minimum absolute atomic E-state index is 0.0538. The molecule has 0 aromatic heterocycles. The van der Waals surface area contributed by atoms with Gasteiger partial charge < -0.3 is 10.2 Å². The first-order valence-corrected chi connectivity index (χ1v) is 8.31. The molecule has 1 aliphatic heterocycles. The lowest BCUT2D eigenvalue weighted by atomic mass is 10.2. The summed E-state index contributed by atoms with van der Waals surface area (Å²) in [6.07, 6.45) is 2.38. The number of benzene rings is 1. The van der Waals surface area contributed by atoms with Crippen LogP contribution in [0.3, 0.4) is 0 Å². The van der Waals surface area contributed by atoms with Crippen LogP contribution < -0.4 is 5.32 Å². The SMILES string of the molecule is Cc1ccc(Cl)cc1NC(=O)CSC(=S)N1CCCC1. The maximum absolute atomic E-state index is 11.9. The molecule has 1 fully saturated rings. The molecule has 1 amide bonds. The lowest BCUT2D eigenvalue weighted by Gasteiger charge is -2.17. The molecule has 20 heavy (non-hydrogen) atoms. The minimum Gasteiger partial charge on any atom is -0.358 e. The summed E-state index contributed by atoms with van der Waals surface area (Å²) in [4.78, 5) is 14.1. The third kappa shape index (κ3) is 4.36. The minimum atomic E-state index is -0.0538. The first-order valence-electron chi connectivity index (χ1n) is 6.54. The number of rotatable bonds is 3. The summed E-state index contributed by atoms with van der Waals surface area (Å²) in [5.41, 5.74) is 1.75.